The maximum absolute atomic E-state index is 12.8. The number of nitrogens with zero attached hydrogens (tertiary/aromatic N) is 3. The van der Waals surface area contributed by atoms with Crippen LogP contribution in [0.5, 0.6) is 0 Å². The van der Waals surface area contributed by atoms with Gasteiger partial charge in [-0.15, -0.1) is 5.10 Å². The first-order valence-corrected chi connectivity index (χ1v) is 7.52. The van der Waals surface area contributed by atoms with Crippen molar-refractivity contribution in [3.8, 4) is 0 Å². The summed E-state index contributed by atoms with van der Waals surface area (Å²) in [6.07, 6.45) is 3.21. The molecule has 0 atom stereocenters. The van der Waals surface area contributed by atoms with Gasteiger partial charge in [-0.25, -0.2) is 0 Å². The Kier molecular flexibility index (Phi) is 5.00. The van der Waals surface area contributed by atoms with Crippen LogP contribution in [0.15, 0.2) is 95.3 Å². The van der Waals surface area contributed by atoms with E-state index in [0.29, 0.717) is 17.0 Å². The summed E-state index contributed by atoms with van der Waals surface area (Å²) >= 11 is 0. The lowest BCUT2D eigenvalue weighted by Gasteiger charge is -2.04. The lowest BCUT2D eigenvalue weighted by Crippen LogP contribution is -2.15. The number of Topliss-reactive ketones (excluding diaryl/α,β-unsaturated/α-hetero) is 1. The van der Waals surface area contributed by atoms with Crippen LogP contribution in [-0.4, -0.2) is 22.7 Å². The molecule has 0 aliphatic carbocycles. The van der Waals surface area contributed by atoms with Gasteiger partial charge in [0.05, 0.1) is 11.9 Å². The first kappa shape index (κ1) is 15.5. The minimum absolute atomic E-state index is 0.167. The fourth-order valence-electron chi connectivity index (χ4n) is 2.15. The number of rotatable bonds is 5. The van der Waals surface area contributed by atoms with Gasteiger partial charge in [0.25, 0.3) is 0 Å². The Labute approximate surface area is 140 Å². The van der Waals surface area contributed by atoms with E-state index >= 15 is 0 Å². The number of benzene rings is 2. The summed E-state index contributed by atoms with van der Waals surface area (Å²) < 4.78 is 0. The maximum Gasteiger partial charge on any atom is 0.213 e. The molecule has 1 heterocycles. The Hall–Kier alpha value is -3.40. The molecule has 0 amide bonds. The molecule has 0 spiro atoms. The van der Waals surface area contributed by atoms with Crippen LogP contribution >= 0.6 is 0 Å². The second-order valence-corrected chi connectivity index (χ2v) is 5.01. The van der Waals surface area contributed by atoms with Crippen LogP contribution in [0.2, 0.25) is 0 Å². The molecule has 0 saturated carbocycles. The molecule has 0 aliphatic rings. The summed E-state index contributed by atoms with van der Waals surface area (Å²) in [7, 11) is 0. The van der Waals surface area contributed by atoms with E-state index in [-0.39, 0.29) is 5.78 Å². The number of aromatic nitrogens is 1. The standard InChI is InChI=1S/C20H15N3O/c24-20(17-11-5-2-6-12-17)19(16-9-3-1-4-10-16)23-22-15-18-13-7-8-14-21-18/h1-15H. The van der Waals surface area contributed by atoms with Crippen molar-refractivity contribution in [3.05, 3.63) is 102 Å². The van der Waals surface area contributed by atoms with Gasteiger partial charge < -0.3 is 0 Å². The van der Waals surface area contributed by atoms with E-state index in [1.54, 1.807) is 18.3 Å². The van der Waals surface area contributed by atoms with E-state index in [1.807, 2.05) is 66.7 Å². The van der Waals surface area contributed by atoms with E-state index in [1.165, 1.54) is 6.21 Å². The van der Waals surface area contributed by atoms with Crippen molar-refractivity contribution in [1.82, 2.24) is 4.98 Å². The molecule has 0 saturated heterocycles. The van der Waals surface area contributed by atoms with Crippen molar-refractivity contribution in [2.24, 2.45) is 10.2 Å². The molecular weight excluding hydrogens is 298 g/mol. The zero-order valence-electron chi connectivity index (χ0n) is 12.9. The summed E-state index contributed by atoms with van der Waals surface area (Å²) in [6, 6.07) is 23.9. The molecule has 0 aliphatic heterocycles. The van der Waals surface area contributed by atoms with E-state index in [4.69, 9.17) is 0 Å². The minimum atomic E-state index is -0.167. The zero-order chi connectivity index (χ0) is 16.6. The highest BCUT2D eigenvalue weighted by Gasteiger charge is 2.15. The SMILES string of the molecule is O=C(C(=NN=Cc1ccccn1)c1ccccc1)c1ccccc1. The Balaban J connectivity index is 1.95. The van der Waals surface area contributed by atoms with E-state index < -0.39 is 0 Å². The fourth-order valence-corrected chi connectivity index (χ4v) is 2.15. The third-order valence-electron chi connectivity index (χ3n) is 3.33. The molecule has 0 unspecified atom stereocenters. The average Bonchev–Trinajstić information content (AvgIpc) is 2.67. The molecule has 3 rings (SSSR count). The molecule has 2 aromatic carbocycles. The predicted molar refractivity (Wildman–Crippen MR) is 95.6 cm³/mol. The smallest absolute Gasteiger partial charge is 0.213 e. The first-order chi connectivity index (χ1) is 11.8. The van der Waals surface area contributed by atoms with Crippen molar-refractivity contribution < 1.29 is 4.79 Å². The Morgan fingerprint density at radius 3 is 2.04 bits per heavy atom. The molecule has 0 fully saturated rings. The molecule has 3 aromatic rings. The van der Waals surface area contributed by atoms with Crippen LogP contribution < -0.4 is 0 Å². The Morgan fingerprint density at radius 2 is 1.42 bits per heavy atom. The number of ketones is 1. The lowest BCUT2D eigenvalue weighted by molar-refractivity contribution is 0.106. The molecule has 1 aromatic heterocycles. The number of carbonyl (C=O) groups excluding carboxylic acids is 1. The maximum atomic E-state index is 12.8. The summed E-state index contributed by atoms with van der Waals surface area (Å²) in [4.78, 5) is 16.9. The second-order valence-electron chi connectivity index (χ2n) is 5.01. The van der Waals surface area contributed by atoms with Crippen LogP contribution in [0.3, 0.4) is 0 Å². The highest BCUT2D eigenvalue weighted by Crippen LogP contribution is 2.09. The minimum Gasteiger partial charge on any atom is -0.287 e. The molecule has 116 valence electrons. The van der Waals surface area contributed by atoms with Crippen LogP contribution in [0.1, 0.15) is 21.6 Å². The second kappa shape index (κ2) is 7.74. The Bertz CT molecular complexity index is 857. The van der Waals surface area contributed by atoms with E-state index in [2.05, 4.69) is 15.2 Å². The number of hydrogen-bond acceptors (Lipinski definition) is 4. The van der Waals surface area contributed by atoms with Crippen molar-refractivity contribution in [2.75, 3.05) is 0 Å². The average molecular weight is 313 g/mol. The van der Waals surface area contributed by atoms with Gasteiger partial charge in [-0.05, 0) is 12.1 Å². The van der Waals surface area contributed by atoms with Gasteiger partial charge in [-0.3, -0.25) is 9.78 Å². The summed E-state index contributed by atoms with van der Waals surface area (Å²) in [6.45, 7) is 0. The van der Waals surface area contributed by atoms with Crippen LogP contribution in [0, 0.1) is 0 Å². The van der Waals surface area contributed by atoms with Crippen molar-refractivity contribution in [2.45, 2.75) is 0 Å². The van der Waals surface area contributed by atoms with Gasteiger partial charge >= 0.3 is 0 Å². The third kappa shape index (κ3) is 3.87. The van der Waals surface area contributed by atoms with Crippen molar-refractivity contribution in [1.29, 1.82) is 0 Å². The summed E-state index contributed by atoms with van der Waals surface area (Å²) in [5.41, 5.74) is 2.28. The highest BCUT2D eigenvalue weighted by atomic mass is 16.1. The van der Waals surface area contributed by atoms with Gasteiger partial charge in [-0.1, -0.05) is 66.7 Å². The van der Waals surface area contributed by atoms with E-state index in [0.717, 1.165) is 5.56 Å². The molecule has 24 heavy (non-hydrogen) atoms. The van der Waals surface area contributed by atoms with E-state index in [9.17, 15) is 4.79 Å². The molecule has 4 nitrogen and oxygen atoms in total. The van der Waals surface area contributed by atoms with Crippen LogP contribution in [-0.2, 0) is 0 Å². The van der Waals surface area contributed by atoms with Gasteiger partial charge in [0, 0.05) is 17.3 Å². The number of hydrogen-bond donors (Lipinski definition) is 0. The largest absolute Gasteiger partial charge is 0.287 e. The topological polar surface area (TPSA) is 54.7 Å². The number of carbonyl (C=O) groups is 1. The fraction of sp³-hybridized carbons (Fsp3) is 0. The predicted octanol–water partition coefficient (Wildman–Crippen LogP) is 3.79. The lowest BCUT2D eigenvalue weighted by atomic mass is 10.0. The van der Waals surface area contributed by atoms with Gasteiger partial charge in [0.2, 0.25) is 5.78 Å². The molecule has 0 radical (unpaired) electrons. The molecule has 0 N–H and O–H groups in total. The quantitative estimate of drug-likeness (QED) is 0.409. The van der Waals surface area contributed by atoms with Gasteiger partial charge in [0.1, 0.15) is 5.71 Å². The van der Waals surface area contributed by atoms with Crippen LogP contribution in [0.25, 0.3) is 0 Å². The summed E-state index contributed by atoms with van der Waals surface area (Å²) in [5.74, 6) is -0.167. The van der Waals surface area contributed by atoms with Crippen molar-refractivity contribution >= 4 is 17.7 Å². The van der Waals surface area contributed by atoms with Crippen molar-refractivity contribution in [3.63, 3.8) is 0 Å². The third-order valence-corrected chi connectivity index (χ3v) is 3.33. The monoisotopic (exact) mass is 313 g/mol. The Morgan fingerprint density at radius 1 is 0.792 bits per heavy atom. The zero-order valence-corrected chi connectivity index (χ0v) is 12.9. The summed E-state index contributed by atoms with van der Waals surface area (Å²) in [5, 5.41) is 8.21. The normalized spacial score (nSPS) is 11.6. The first-order valence-electron chi connectivity index (χ1n) is 7.52. The highest BCUT2D eigenvalue weighted by molar-refractivity contribution is 6.51. The number of pyridine rings is 1. The van der Waals surface area contributed by atoms with Gasteiger partial charge in [0.15, 0.2) is 0 Å². The van der Waals surface area contributed by atoms with Crippen LogP contribution in [0.4, 0.5) is 0 Å². The van der Waals surface area contributed by atoms with Gasteiger partial charge in [-0.2, -0.15) is 5.10 Å². The molecular formula is C20H15N3O. The molecule has 4 heteroatoms. The molecule has 0 bridgehead atoms.